The lowest BCUT2D eigenvalue weighted by Gasteiger charge is -2.02. The maximum Gasteiger partial charge on any atom is 0.0431 e. The summed E-state index contributed by atoms with van der Waals surface area (Å²) in [4.78, 5) is 0. The van der Waals surface area contributed by atoms with E-state index >= 15 is 0 Å². The molecule has 0 aromatic rings. The van der Waals surface area contributed by atoms with Crippen LogP contribution in [0.4, 0.5) is 0 Å². The zero-order valence-corrected chi connectivity index (χ0v) is 59.0. The van der Waals surface area contributed by atoms with Crippen molar-refractivity contribution in [1.29, 1.82) is 0 Å². The fourth-order valence-corrected chi connectivity index (χ4v) is 9.23. The zero-order chi connectivity index (χ0) is 64.0. The summed E-state index contributed by atoms with van der Waals surface area (Å²) in [5, 5.41) is 72.4. The Balaban J connectivity index is -0.000000116. The highest BCUT2D eigenvalue weighted by atomic mass is 16.3. The quantitative estimate of drug-likeness (QED) is 0.0268. The first-order valence-electron chi connectivity index (χ1n) is 37.2. The van der Waals surface area contributed by atoms with Crippen LogP contribution in [0.3, 0.4) is 0 Å². The largest absolute Gasteiger partial charge is 0.397 e. The van der Waals surface area contributed by atoms with Gasteiger partial charge in [0.15, 0.2) is 0 Å². The lowest BCUT2D eigenvalue weighted by atomic mass is 10.0. The van der Waals surface area contributed by atoms with Gasteiger partial charge in [0, 0.05) is 59.5 Å². The highest BCUT2D eigenvalue weighted by Crippen LogP contribution is 2.17. The minimum atomic E-state index is 0.250. The summed E-state index contributed by atoms with van der Waals surface area (Å²) in [6.45, 7) is 20.3. The molecule has 0 radical (unpaired) electrons. The second kappa shape index (κ2) is 127. The number of rotatable bonds is 56. The first-order valence-corrected chi connectivity index (χ1v) is 37.2. The molecule has 0 aliphatic carbocycles. The summed E-state index contributed by atoms with van der Waals surface area (Å²) >= 11 is 0. The van der Waals surface area contributed by atoms with Crippen molar-refractivity contribution in [1.82, 2.24) is 0 Å². The third-order valence-corrected chi connectivity index (χ3v) is 14.0. The highest BCUT2D eigenvalue weighted by Gasteiger charge is 1.98. The molecule has 0 saturated heterocycles. The first kappa shape index (κ1) is 102. The van der Waals surface area contributed by atoms with Crippen LogP contribution in [0.15, 0.2) is 0 Å². The van der Waals surface area contributed by atoms with Crippen LogP contribution in [0.25, 0.3) is 0 Å². The van der Waals surface area contributed by atoms with E-state index < -0.39 is 0 Å². The van der Waals surface area contributed by atoms with Crippen LogP contribution in [-0.2, 0) is 0 Å². The van der Waals surface area contributed by atoms with Gasteiger partial charge >= 0.3 is 0 Å². The van der Waals surface area contributed by atoms with E-state index in [2.05, 4.69) is 27.7 Å². The molecule has 0 fully saturated rings. The van der Waals surface area contributed by atoms with E-state index in [-0.39, 0.29) is 33.0 Å². The summed E-state index contributed by atoms with van der Waals surface area (Å²) in [5.74, 6) is 0. The van der Waals surface area contributed by atoms with Crippen LogP contribution in [0.5, 0.6) is 0 Å². The Morgan fingerprint density at radius 2 is 0.169 bits per heavy atom. The molecule has 0 spiro atoms. The predicted octanol–water partition coefficient (Wildman–Crippen LogP) is 21.8. The topological polar surface area (TPSA) is 182 Å². The van der Waals surface area contributed by atoms with E-state index in [1.807, 2.05) is 0 Å². The summed E-state index contributed by atoms with van der Waals surface area (Å²) in [7, 11) is 0. The molecule has 0 atom stereocenters. The maximum absolute atomic E-state index is 8.64. The Bertz CT molecular complexity index is 636. The minimum absolute atomic E-state index is 0.250. The molecular weight excluding hydrogens is 1030 g/mol. The first-order chi connectivity index (χ1) is 40.7. The Kier molecular flexibility index (Phi) is 155. The van der Waals surface area contributed by atoms with Gasteiger partial charge in [-0.25, -0.2) is 0 Å². The van der Waals surface area contributed by atoms with Crippen LogP contribution in [-0.4, -0.2) is 105 Å². The van der Waals surface area contributed by atoms with Gasteiger partial charge in [-0.3, -0.25) is 0 Å². The monoisotopic (exact) mass is 1200 g/mol. The Hall–Kier alpha value is -0.360. The van der Waals surface area contributed by atoms with Crippen molar-refractivity contribution in [3.05, 3.63) is 0 Å². The molecule has 0 aromatic carbocycles. The third kappa shape index (κ3) is 167. The van der Waals surface area contributed by atoms with E-state index in [1.54, 1.807) is 34.6 Å². The Labute approximate surface area is 525 Å². The summed E-state index contributed by atoms with van der Waals surface area (Å²) in [5.41, 5.74) is 0. The van der Waals surface area contributed by atoms with Gasteiger partial charge in [-0.15, -0.1) is 0 Å². The SMILES string of the molecule is CCCCCCCCCCCCCCCCO.CCCCCCCCCCCCCCCCO.CCCCCCCCCCCCCCCCO.CCCCCCCCCCCCCCCCO.CCO.CCO.CCO.CCO.CCO. The maximum atomic E-state index is 8.64. The molecule has 0 aliphatic heterocycles. The van der Waals surface area contributed by atoms with E-state index in [0.717, 1.165) is 25.7 Å². The fraction of sp³-hybridized carbons (Fsp3) is 1.00. The van der Waals surface area contributed by atoms with Crippen molar-refractivity contribution >= 4 is 0 Å². The lowest BCUT2D eigenvalue weighted by Crippen LogP contribution is -1.84. The minimum Gasteiger partial charge on any atom is -0.397 e. The molecule has 0 bridgehead atoms. The molecule has 9 N–H and O–H groups in total. The van der Waals surface area contributed by atoms with Crippen molar-refractivity contribution in [2.75, 3.05) is 59.5 Å². The Morgan fingerprint density at radius 1 is 0.108 bits per heavy atom. The molecule has 0 aliphatic rings. The average Bonchev–Trinajstić information content (AvgIpc) is 3.47. The number of aliphatic hydroxyl groups is 9. The molecule has 9 nitrogen and oxygen atoms in total. The molecule has 83 heavy (non-hydrogen) atoms. The average molecular weight is 1200 g/mol. The standard InChI is InChI=1S/4C16H34O.5C2H6O/c4*1-2-3-4-5-6-7-8-9-10-11-12-13-14-15-16-17;5*1-2-3/h4*17H,2-16H2,1H3;5*3H,2H2,1H3. The van der Waals surface area contributed by atoms with Gasteiger partial charge in [-0.05, 0) is 60.3 Å². The molecule has 0 aromatic heterocycles. The molecular formula is C74H166O9. The normalized spacial score (nSPS) is 10.0. The fourth-order valence-electron chi connectivity index (χ4n) is 9.23. The smallest absolute Gasteiger partial charge is 0.0431 e. The van der Waals surface area contributed by atoms with E-state index in [4.69, 9.17) is 46.0 Å². The van der Waals surface area contributed by atoms with E-state index in [9.17, 15) is 0 Å². The summed E-state index contributed by atoms with van der Waals surface area (Å²) in [6, 6.07) is 0. The van der Waals surface area contributed by atoms with Crippen LogP contribution in [0.2, 0.25) is 0 Å². The predicted molar refractivity (Wildman–Crippen MR) is 373 cm³/mol. The lowest BCUT2D eigenvalue weighted by molar-refractivity contribution is 0.282. The molecule has 9 heteroatoms. The van der Waals surface area contributed by atoms with E-state index in [1.165, 1.54) is 334 Å². The molecule has 0 rings (SSSR count). The molecule has 516 valence electrons. The van der Waals surface area contributed by atoms with Crippen LogP contribution in [0, 0.1) is 0 Å². The van der Waals surface area contributed by atoms with Crippen LogP contribution < -0.4 is 0 Å². The second-order valence-corrected chi connectivity index (χ2v) is 22.9. The van der Waals surface area contributed by atoms with Gasteiger partial charge in [-0.1, -0.05) is 362 Å². The molecule has 0 heterocycles. The van der Waals surface area contributed by atoms with Gasteiger partial charge in [0.1, 0.15) is 0 Å². The van der Waals surface area contributed by atoms with Crippen LogP contribution >= 0.6 is 0 Å². The van der Waals surface area contributed by atoms with Crippen molar-refractivity contribution in [3.63, 3.8) is 0 Å². The molecule has 0 unspecified atom stereocenters. The van der Waals surface area contributed by atoms with Crippen LogP contribution in [0.1, 0.15) is 422 Å². The second-order valence-electron chi connectivity index (χ2n) is 22.9. The van der Waals surface area contributed by atoms with Crippen molar-refractivity contribution in [3.8, 4) is 0 Å². The summed E-state index contributed by atoms with van der Waals surface area (Å²) < 4.78 is 0. The number of unbranched alkanes of at least 4 members (excludes halogenated alkanes) is 52. The number of aliphatic hydroxyl groups excluding tert-OH is 9. The van der Waals surface area contributed by atoms with Gasteiger partial charge in [-0.2, -0.15) is 0 Å². The van der Waals surface area contributed by atoms with Crippen molar-refractivity contribution < 1.29 is 46.0 Å². The van der Waals surface area contributed by atoms with Gasteiger partial charge in [0.2, 0.25) is 0 Å². The highest BCUT2D eigenvalue weighted by molar-refractivity contribution is 4.53. The van der Waals surface area contributed by atoms with Crippen molar-refractivity contribution in [2.24, 2.45) is 0 Å². The van der Waals surface area contributed by atoms with Crippen molar-refractivity contribution in [2.45, 2.75) is 422 Å². The number of hydrogen-bond acceptors (Lipinski definition) is 9. The Morgan fingerprint density at radius 3 is 0.229 bits per heavy atom. The van der Waals surface area contributed by atoms with E-state index in [0.29, 0.717) is 26.4 Å². The van der Waals surface area contributed by atoms with Gasteiger partial charge in [0.25, 0.3) is 0 Å². The summed E-state index contributed by atoms with van der Waals surface area (Å²) in [6.07, 6.45) is 76.8. The van der Waals surface area contributed by atoms with Gasteiger partial charge < -0.3 is 46.0 Å². The van der Waals surface area contributed by atoms with Gasteiger partial charge in [0.05, 0.1) is 0 Å². The zero-order valence-electron chi connectivity index (χ0n) is 59.0. The molecule has 0 saturated carbocycles. The number of hydrogen-bond donors (Lipinski definition) is 9. The molecule has 0 amide bonds. The third-order valence-electron chi connectivity index (χ3n) is 14.0.